The van der Waals surface area contributed by atoms with E-state index in [1.165, 1.54) is 0 Å². The summed E-state index contributed by atoms with van der Waals surface area (Å²) >= 11 is 3.48. The summed E-state index contributed by atoms with van der Waals surface area (Å²) in [6.07, 6.45) is 4.62. The maximum Gasteiger partial charge on any atom is 0.191 e. The van der Waals surface area contributed by atoms with Crippen molar-refractivity contribution < 1.29 is 9.84 Å². The van der Waals surface area contributed by atoms with Gasteiger partial charge in [0.05, 0.1) is 13.2 Å². The zero-order valence-electron chi connectivity index (χ0n) is 14.3. The molecule has 0 radical (unpaired) electrons. The molecule has 1 aromatic rings. The van der Waals surface area contributed by atoms with Crippen LogP contribution in [0, 0.1) is 5.41 Å². The van der Waals surface area contributed by atoms with Gasteiger partial charge in [-0.25, -0.2) is 4.98 Å². The van der Waals surface area contributed by atoms with E-state index in [-0.39, 0.29) is 12.0 Å². The first-order chi connectivity index (χ1) is 11.8. The molecule has 1 unspecified atom stereocenters. The molecule has 0 amide bonds. The molecule has 24 heavy (non-hydrogen) atoms. The molecule has 0 saturated carbocycles. The molecule has 1 aromatic heterocycles. The van der Waals surface area contributed by atoms with Crippen LogP contribution in [0.2, 0.25) is 0 Å². The standard InChI is InChI=1S/C16H28N4O2S2/c1-2-17-14(18-6-3-10-23-15-19-7-11-24-15)20-12-16(4-8-21)5-9-22-13-16/h7,11,21H,2-6,8-10,12-13H2,1H3,(H2,17,18,20). The number of aliphatic imine (C=N–C) groups is 1. The van der Waals surface area contributed by atoms with Crippen LogP contribution in [0.3, 0.4) is 0 Å². The van der Waals surface area contributed by atoms with E-state index in [0.717, 1.165) is 55.0 Å². The first kappa shape index (κ1) is 19.5. The van der Waals surface area contributed by atoms with Gasteiger partial charge in [0.1, 0.15) is 4.34 Å². The Morgan fingerprint density at radius 2 is 2.46 bits per heavy atom. The minimum atomic E-state index is -0.00219. The molecule has 0 spiro atoms. The van der Waals surface area contributed by atoms with Gasteiger partial charge in [-0.2, -0.15) is 0 Å². The Kier molecular flexibility index (Phi) is 8.87. The normalized spacial score (nSPS) is 21.2. The Morgan fingerprint density at radius 1 is 1.54 bits per heavy atom. The quantitative estimate of drug-likeness (QED) is 0.252. The van der Waals surface area contributed by atoms with Gasteiger partial charge in [0.25, 0.3) is 0 Å². The van der Waals surface area contributed by atoms with Gasteiger partial charge in [0.2, 0.25) is 0 Å². The van der Waals surface area contributed by atoms with Crippen molar-refractivity contribution in [2.75, 3.05) is 45.2 Å². The van der Waals surface area contributed by atoms with E-state index >= 15 is 0 Å². The molecule has 1 fully saturated rings. The van der Waals surface area contributed by atoms with Crippen LogP contribution in [-0.2, 0) is 4.74 Å². The van der Waals surface area contributed by atoms with Crippen LogP contribution < -0.4 is 10.6 Å². The van der Waals surface area contributed by atoms with Gasteiger partial charge < -0.3 is 20.5 Å². The molecule has 1 saturated heterocycles. The number of aliphatic hydroxyl groups is 1. The molecule has 3 N–H and O–H groups in total. The molecule has 1 atom stereocenters. The molecule has 1 aliphatic heterocycles. The second-order valence-electron chi connectivity index (χ2n) is 5.90. The zero-order valence-corrected chi connectivity index (χ0v) is 15.9. The molecule has 8 heteroatoms. The van der Waals surface area contributed by atoms with Gasteiger partial charge in [0.15, 0.2) is 5.96 Å². The lowest BCUT2D eigenvalue weighted by molar-refractivity contribution is 0.131. The van der Waals surface area contributed by atoms with Crippen molar-refractivity contribution in [1.29, 1.82) is 0 Å². The van der Waals surface area contributed by atoms with E-state index in [1.807, 2.05) is 11.6 Å². The number of nitrogens with zero attached hydrogens (tertiary/aromatic N) is 2. The van der Waals surface area contributed by atoms with Crippen molar-refractivity contribution in [2.24, 2.45) is 10.4 Å². The van der Waals surface area contributed by atoms with Gasteiger partial charge in [-0.1, -0.05) is 11.8 Å². The van der Waals surface area contributed by atoms with Gasteiger partial charge in [-0.3, -0.25) is 4.99 Å². The van der Waals surface area contributed by atoms with E-state index in [0.29, 0.717) is 13.2 Å². The number of nitrogens with one attached hydrogen (secondary N) is 2. The van der Waals surface area contributed by atoms with Gasteiger partial charge in [0, 0.05) is 49.0 Å². The fourth-order valence-corrected chi connectivity index (χ4v) is 4.24. The minimum Gasteiger partial charge on any atom is -0.396 e. The average molecular weight is 373 g/mol. The number of guanidine groups is 1. The van der Waals surface area contributed by atoms with Crippen molar-refractivity contribution in [3.63, 3.8) is 0 Å². The van der Waals surface area contributed by atoms with E-state index in [4.69, 9.17) is 9.73 Å². The number of thiazole rings is 1. The molecule has 2 heterocycles. The number of ether oxygens (including phenoxy) is 1. The Labute approximate surface area is 152 Å². The Hall–Kier alpha value is -0.830. The van der Waals surface area contributed by atoms with Crippen molar-refractivity contribution >= 4 is 29.1 Å². The molecular weight excluding hydrogens is 344 g/mol. The summed E-state index contributed by atoms with van der Waals surface area (Å²) in [4.78, 5) is 8.99. The van der Waals surface area contributed by atoms with Crippen LogP contribution in [-0.4, -0.2) is 61.3 Å². The second kappa shape index (κ2) is 10.9. The largest absolute Gasteiger partial charge is 0.396 e. The Balaban J connectivity index is 1.73. The molecule has 0 aromatic carbocycles. The highest BCUT2D eigenvalue weighted by molar-refractivity contribution is 8.00. The van der Waals surface area contributed by atoms with Crippen LogP contribution in [0.5, 0.6) is 0 Å². The van der Waals surface area contributed by atoms with E-state index in [9.17, 15) is 5.11 Å². The third kappa shape index (κ3) is 6.58. The maximum absolute atomic E-state index is 9.30. The Bertz CT molecular complexity index is 476. The number of thioether (sulfide) groups is 1. The topological polar surface area (TPSA) is 78.8 Å². The lowest BCUT2D eigenvalue weighted by Crippen LogP contribution is -2.39. The number of hydrogen-bond donors (Lipinski definition) is 3. The summed E-state index contributed by atoms with van der Waals surface area (Å²) in [7, 11) is 0. The SMILES string of the molecule is CCNC(=NCC1(CCO)CCOC1)NCCCSc1nccs1. The fraction of sp³-hybridized carbons (Fsp3) is 0.750. The molecule has 136 valence electrons. The highest BCUT2D eigenvalue weighted by Crippen LogP contribution is 2.32. The first-order valence-corrected chi connectivity index (χ1v) is 10.4. The minimum absolute atomic E-state index is 0.00219. The lowest BCUT2D eigenvalue weighted by Gasteiger charge is -2.24. The highest BCUT2D eigenvalue weighted by Gasteiger charge is 2.34. The molecular formula is C16H28N4O2S2. The lowest BCUT2D eigenvalue weighted by atomic mass is 9.84. The van der Waals surface area contributed by atoms with Crippen LogP contribution in [0.15, 0.2) is 20.9 Å². The van der Waals surface area contributed by atoms with Crippen molar-refractivity contribution in [3.05, 3.63) is 11.6 Å². The van der Waals surface area contributed by atoms with E-state index in [1.54, 1.807) is 23.1 Å². The van der Waals surface area contributed by atoms with Crippen molar-refractivity contribution in [2.45, 2.75) is 30.5 Å². The van der Waals surface area contributed by atoms with Crippen molar-refractivity contribution in [1.82, 2.24) is 15.6 Å². The van der Waals surface area contributed by atoms with Gasteiger partial charge >= 0.3 is 0 Å². The molecule has 0 bridgehead atoms. The molecule has 2 rings (SSSR count). The zero-order chi connectivity index (χ0) is 17.1. The molecule has 0 aliphatic carbocycles. The van der Waals surface area contributed by atoms with Gasteiger partial charge in [-0.15, -0.1) is 11.3 Å². The first-order valence-electron chi connectivity index (χ1n) is 8.51. The van der Waals surface area contributed by atoms with E-state index < -0.39 is 0 Å². The predicted molar refractivity (Wildman–Crippen MR) is 101 cm³/mol. The van der Waals surface area contributed by atoms with Gasteiger partial charge in [-0.05, 0) is 26.2 Å². The Morgan fingerprint density at radius 3 is 3.12 bits per heavy atom. The fourth-order valence-electron chi connectivity index (χ4n) is 2.60. The highest BCUT2D eigenvalue weighted by atomic mass is 32.2. The maximum atomic E-state index is 9.30. The smallest absolute Gasteiger partial charge is 0.191 e. The predicted octanol–water partition coefficient (Wildman–Crippen LogP) is 1.97. The number of rotatable bonds is 10. The van der Waals surface area contributed by atoms with Crippen molar-refractivity contribution in [3.8, 4) is 0 Å². The summed E-state index contributed by atoms with van der Waals surface area (Å²) in [6, 6.07) is 0. The van der Waals surface area contributed by atoms with E-state index in [2.05, 4.69) is 22.5 Å². The number of aromatic nitrogens is 1. The van der Waals surface area contributed by atoms with Crippen LogP contribution in [0.25, 0.3) is 0 Å². The summed E-state index contributed by atoms with van der Waals surface area (Å²) in [5.41, 5.74) is -0.00219. The molecule has 6 nitrogen and oxygen atoms in total. The third-order valence-corrected chi connectivity index (χ3v) is 6.04. The summed E-state index contributed by atoms with van der Waals surface area (Å²) in [6.45, 7) is 6.14. The summed E-state index contributed by atoms with van der Waals surface area (Å²) in [5.74, 6) is 1.89. The van der Waals surface area contributed by atoms with Crippen LogP contribution >= 0.6 is 23.1 Å². The average Bonchev–Trinajstić information content (AvgIpc) is 3.25. The second-order valence-corrected chi connectivity index (χ2v) is 8.13. The number of hydrogen-bond acceptors (Lipinski definition) is 6. The number of aliphatic hydroxyl groups excluding tert-OH is 1. The monoisotopic (exact) mass is 372 g/mol. The van der Waals surface area contributed by atoms with Crippen LogP contribution in [0.4, 0.5) is 0 Å². The summed E-state index contributed by atoms with van der Waals surface area (Å²) in [5, 5.41) is 18.0. The van der Waals surface area contributed by atoms with Crippen LogP contribution in [0.1, 0.15) is 26.2 Å². The molecule has 1 aliphatic rings. The summed E-state index contributed by atoms with van der Waals surface area (Å²) < 4.78 is 6.65. The third-order valence-electron chi connectivity index (χ3n) is 3.99.